The number of allylic oxidation sites excluding steroid dienone is 1. The Morgan fingerprint density at radius 1 is 1.11 bits per heavy atom. The Morgan fingerprint density at radius 2 is 1.89 bits per heavy atom. The Morgan fingerprint density at radius 3 is 2.61 bits per heavy atom. The number of rotatable bonds is 4. The van der Waals surface area contributed by atoms with E-state index in [1.165, 1.54) is 5.56 Å². The van der Waals surface area contributed by atoms with Crippen LogP contribution in [-0.2, 0) is 6.61 Å². The van der Waals surface area contributed by atoms with Crippen LogP contribution in [0.15, 0.2) is 59.1 Å². The maximum Gasteiger partial charge on any atom is 0.128 e. The summed E-state index contributed by atoms with van der Waals surface area (Å²) in [6, 6.07) is 16.2. The van der Waals surface area contributed by atoms with Crippen molar-refractivity contribution in [2.24, 2.45) is 0 Å². The van der Waals surface area contributed by atoms with Crippen LogP contribution < -0.4 is 4.74 Å². The maximum absolute atomic E-state index is 5.88. The van der Waals surface area contributed by atoms with Crippen LogP contribution in [0.5, 0.6) is 5.75 Å². The summed E-state index contributed by atoms with van der Waals surface area (Å²) in [4.78, 5) is 0. The van der Waals surface area contributed by atoms with E-state index >= 15 is 0 Å². The molecule has 0 bridgehead atoms. The van der Waals surface area contributed by atoms with Crippen molar-refractivity contribution in [3.05, 3.63) is 70.2 Å². The van der Waals surface area contributed by atoms with Crippen LogP contribution in [-0.4, -0.2) is 0 Å². The summed E-state index contributed by atoms with van der Waals surface area (Å²) in [6.45, 7) is 2.59. The molecular weight excluding hydrogens is 288 g/mol. The van der Waals surface area contributed by atoms with Gasteiger partial charge in [-0.2, -0.15) is 0 Å². The molecule has 92 valence electrons. The van der Waals surface area contributed by atoms with Crippen molar-refractivity contribution in [1.82, 2.24) is 0 Å². The van der Waals surface area contributed by atoms with Crippen molar-refractivity contribution in [3.63, 3.8) is 0 Å². The zero-order valence-corrected chi connectivity index (χ0v) is 11.9. The van der Waals surface area contributed by atoms with Gasteiger partial charge in [0.1, 0.15) is 12.4 Å². The lowest BCUT2D eigenvalue weighted by molar-refractivity contribution is 0.305. The fraction of sp³-hybridized carbons (Fsp3) is 0.125. The molecule has 0 aromatic heterocycles. The first-order chi connectivity index (χ1) is 8.79. The predicted octanol–water partition coefficient (Wildman–Crippen LogP) is 5.06. The molecular formula is C16H15BrO. The molecule has 2 heteroatoms. The molecule has 0 heterocycles. The Hall–Kier alpha value is -1.54. The Balaban J connectivity index is 2.15. The summed E-state index contributed by atoms with van der Waals surface area (Å²) in [6.07, 6.45) is 4.06. The quantitative estimate of drug-likeness (QED) is 0.767. The molecule has 1 nitrogen and oxygen atoms in total. The number of ether oxygens (including phenoxy) is 1. The standard InChI is InChI=1S/C16H15BrO/c1-2-6-14-9-10-15(17)11-16(14)18-12-13-7-4-3-5-8-13/h2-11H,12H2,1H3. The molecule has 0 saturated heterocycles. The van der Waals surface area contributed by atoms with Gasteiger partial charge in [0.05, 0.1) is 0 Å². The van der Waals surface area contributed by atoms with Crippen molar-refractivity contribution in [1.29, 1.82) is 0 Å². The zero-order valence-electron chi connectivity index (χ0n) is 10.3. The zero-order chi connectivity index (χ0) is 12.8. The Kier molecular flexibility index (Phi) is 4.59. The minimum Gasteiger partial charge on any atom is -0.488 e. The average Bonchev–Trinajstić information content (AvgIpc) is 2.40. The Bertz CT molecular complexity index is 532. The van der Waals surface area contributed by atoms with E-state index in [0.717, 1.165) is 15.8 Å². The highest BCUT2D eigenvalue weighted by atomic mass is 79.9. The molecule has 0 atom stereocenters. The van der Waals surface area contributed by atoms with Gasteiger partial charge in [0.25, 0.3) is 0 Å². The minimum atomic E-state index is 0.585. The van der Waals surface area contributed by atoms with Gasteiger partial charge >= 0.3 is 0 Å². The molecule has 0 spiro atoms. The van der Waals surface area contributed by atoms with E-state index in [1.807, 2.05) is 55.5 Å². The summed E-state index contributed by atoms with van der Waals surface area (Å²) in [7, 11) is 0. The first-order valence-electron chi connectivity index (χ1n) is 5.88. The molecule has 0 radical (unpaired) electrons. The second-order valence-corrected chi connectivity index (χ2v) is 4.87. The lowest BCUT2D eigenvalue weighted by Crippen LogP contribution is -1.96. The first-order valence-corrected chi connectivity index (χ1v) is 6.68. The molecule has 0 aliphatic rings. The number of benzene rings is 2. The monoisotopic (exact) mass is 302 g/mol. The van der Waals surface area contributed by atoms with Crippen molar-refractivity contribution < 1.29 is 4.74 Å². The minimum absolute atomic E-state index is 0.585. The van der Waals surface area contributed by atoms with Crippen molar-refractivity contribution in [2.45, 2.75) is 13.5 Å². The molecule has 0 unspecified atom stereocenters. The smallest absolute Gasteiger partial charge is 0.128 e. The van der Waals surface area contributed by atoms with Crippen LogP contribution >= 0.6 is 15.9 Å². The molecule has 0 aliphatic heterocycles. The Labute approximate surface area is 116 Å². The summed E-state index contributed by atoms with van der Waals surface area (Å²) >= 11 is 3.47. The summed E-state index contributed by atoms with van der Waals surface area (Å²) in [5.74, 6) is 0.895. The van der Waals surface area contributed by atoms with E-state index in [2.05, 4.69) is 28.1 Å². The van der Waals surface area contributed by atoms with Gasteiger partial charge in [0.2, 0.25) is 0 Å². The second-order valence-electron chi connectivity index (χ2n) is 3.96. The lowest BCUT2D eigenvalue weighted by atomic mass is 10.2. The number of hydrogen-bond donors (Lipinski definition) is 0. The van der Waals surface area contributed by atoms with E-state index in [9.17, 15) is 0 Å². The molecule has 2 aromatic carbocycles. The fourth-order valence-electron chi connectivity index (χ4n) is 1.69. The molecule has 0 fully saturated rings. The number of hydrogen-bond acceptors (Lipinski definition) is 1. The second kappa shape index (κ2) is 6.41. The van der Waals surface area contributed by atoms with Crippen molar-refractivity contribution in [3.8, 4) is 5.75 Å². The first kappa shape index (κ1) is 12.9. The topological polar surface area (TPSA) is 9.23 Å². The molecule has 2 rings (SSSR count). The average molecular weight is 303 g/mol. The van der Waals surface area contributed by atoms with Gasteiger partial charge in [0, 0.05) is 10.0 Å². The van der Waals surface area contributed by atoms with Gasteiger partial charge in [-0.1, -0.05) is 64.5 Å². The van der Waals surface area contributed by atoms with Crippen LogP contribution in [0, 0.1) is 0 Å². The summed E-state index contributed by atoms with van der Waals surface area (Å²) < 4.78 is 6.90. The van der Waals surface area contributed by atoms with Crippen LogP contribution in [0.25, 0.3) is 6.08 Å². The van der Waals surface area contributed by atoms with Gasteiger partial charge < -0.3 is 4.74 Å². The van der Waals surface area contributed by atoms with Crippen LogP contribution in [0.2, 0.25) is 0 Å². The third-order valence-electron chi connectivity index (χ3n) is 2.56. The SMILES string of the molecule is CC=Cc1ccc(Br)cc1OCc1ccccc1. The van der Waals surface area contributed by atoms with Gasteiger partial charge in [0.15, 0.2) is 0 Å². The van der Waals surface area contributed by atoms with Crippen LogP contribution in [0.3, 0.4) is 0 Å². The molecule has 0 saturated carbocycles. The van der Waals surface area contributed by atoms with Crippen molar-refractivity contribution in [2.75, 3.05) is 0 Å². The van der Waals surface area contributed by atoms with E-state index in [4.69, 9.17) is 4.74 Å². The highest BCUT2D eigenvalue weighted by Crippen LogP contribution is 2.25. The molecule has 0 amide bonds. The highest BCUT2D eigenvalue weighted by molar-refractivity contribution is 9.10. The van der Waals surface area contributed by atoms with Gasteiger partial charge in [-0.25, -0.2) is 0 Å². The largest absolute Gasteiger partial charge is 0.488 e. The normalized spacial score (nSPS) is 10.8. The molecule has 18 heavy (non-hydrogen) atoms. The van der Waals surface area contributed by atoms with Gasteiger partial charge in [-0.15, -0.1) is 0 Å². The van der Waals surface area contributed by atoms with Crippen LogP contribution in [0.1, 0.15) is 18.1 Å². The van der Waals surface area contributed by atoms with Gasteiger partial charge in [-0.3, -0.25) is 0 Å². The van der Waals surface area contributed by atoms with E-state index in [-0.39, 0.29) is 0 Å². The lowest BCUT2D eigenvalue weighted by Gasteiger charge is -2.10. The van der Waals surface area contributed by atoms with E-state index in [0.29, 0.717) is 6.61 Å². The van der Waals surface area contributed by atoms with E-state index in [1.54, 1.807) is 0 Å². The van der Waals surface area contributed by atoms with Crippen molar-refractivity contribution >= 4 is 22.0 Å². The highest BCUT2D eigenvalue weighted by Gasteiger charge is 2.02. The molecule has 0 aliphatic carbocycles. The van der Waals surface area contributed by atoms with Crippen LogP contribution in [0.4, 0.5) is 0 Å². The third-order valence-corrected chi connectivity index (χ3v) is 3.05. The number of halogens is 1. The molecule has 2 aromatic rings. The fourth-order valence-corrected chi connectivity index (χ4v) is 2.03. The summed E-state index contributed by atoms with van der Waals surface area (Å²) in [5, 5.41) is 0. The van der Waals surface area contributed by atoms with E-state index < -0.39 is 0 Å². The third kappa shape index (κ3) is 3.47. The molecule has 0 N–H and O–H groups in total. The summed E-state index contributed by atoms with van der Waals surface area (Å²) in [5.41, 5.74) is 2.26. The predicted molar refractivity (Wildman–Crippen MR) is 79.6 cm³/mol. The van der Waals surface area contributed by atoms with Gasteiger partial charge in [-0.05, 0) is 24.6 Å². The maximum atomic E-state index is 5.88.